The molecule has 1 aromatic rings. The van der Waals surface area contributed by atoms with Gasteiger partial charge in [0, 0.05) is 13.1 Å². The minimum absolute atomic E-state index is 0.200. The van der Waals surface area contributed by atoms with Gasteiger partial charge in [0.25, 0.3) is 0 Å². The summed E-state index contributed by atoms with van der Waals surface area (Å²) in [4.78, 5) is 25.3. The molecule has 1 saturated heterocycles. The van der Waals surface area contributed by atoms with Crippen molar-refractivity contribution in [3.8, 4) is 0 Å². The van der Waals surface area contributed by atoms with Crippen LogP contribution < -0.4 is 10.6 Å². The molecular weight excluding hydrogens is 258 g/mol. The first kappa shape index (κ1) is 14.5. The van der Waals surface area contributed by atoms with Crippen LogP contribution in [0, 0.1) is 0 Å². The van der Waals surface area contributed by atoms with Gasteiger partial charge in [-0.25, -0.2) is 4.79 Å². The van der Waals surface area contributed by atoms with E-state index >= 15 is 0 Å². The highest BCUT2D eigenvalue weighted by atomic mass is 16.5. The first-order valence-corrected chi connectivity index (χ1v) is 6.66. The van der Waals surface area contributed by atoms with Crippen LogP contribution >= 0.6 is 0 Å². The van der Waals surface area contributed by atoms with E-state index in [2.05, 4.69) is 15.5 Å². The number of imide groups is 1. The summed E-state index contributed by atoms with van der Waals surface area (Å²) in [6.45, 7) is 3.36. The summed E-state index contributed by atoms with van der Waals surface area (Å²) in [6, 6.07) is 8.85. The fraction of sp³-hybridized carbons (Fsp3) is 0.429. The lowest BCUT2D eigenvalue weighted by Crippen LogP contribution is -2.48. The van der Waals surface area contributed by atoms with Crippen LogP contribution in [0.1, 0.15) is 5.56 Å². The Bertz CT molecular complexity index is 444. The zero-order chi connectivity index (χ0) is 14.2. The molecule has 6 nitrogen and oxygen atoms in total. The Morgan fingerprint density at radius 2 is 1.85 bits per heavy atom. The Morgan fingerprint density at radius 3 is 2.55 bits per heavy atom. The molecule has 1 aliphatic rings. The van der Waals surface area contributed by atoms with Gasteiger partial charge in [0.05, 0.1) is 26.3 Å². The summed E-state index contributed by atoms with van der Waals surface area (Å²) >= 11 is 0. The summed E-state index contributed by atoms with van der Waals surface area (Å²) in [5.41, 5.74) is 0.881. The lowest BCUT2D eigenvalue weighted by atomic mass is 10.1. The monoisotopic (exact) mass is 277 g/mol. The van der Waals surface area contributed by atoms with Gasteiger partial charge < -0.3 is 10.1 Å². The zero-order valence-corrected chi connectivity index (χ0v) is 11.3. The van der Waals surface area contributed by atoms with Crippen LogP contribution in [0.3, 0.4) is 0 Å². The van der Waals surface area contributed by atoms with E-state index in [4.69, 9.17) is 4.74 Å². The molecule has 0 aliphatic carbocycles. The van der Waals surface area contributed by atoms with Crippen molar-refractivity contribution in [3.05, 3.63) is 35.9 Å². The number of nitrogens with zero attached hydrogens (tertiary/aromatic N) is 1. The summed E-state index contributed by atoms with van der Waals surface area (Å²) < 4.78 is 5.21. The molecule has 0 unspecified atom stereocenters. The Kier molecular flexibility index (Phi) is 5.52. The number of carbonyl (C=O) groups is 2. The highest BCUT2D eigenvalue weighted by molar-refractivity contribution is 5.95. The summed E-state index contributed by atoms with van der Waals surface area (Å²) in [7, 11) is 0. The van der Waals surface area contributed by atoms with Crippen LogP contribution in [0.25, 0.3) is 0 Å². The van der Waals surface area contributed by atoms with Crippen molar-refractivity contribution < 1.29 is 14.3 Å². The van der Waals surface area contributed by atoms with Crippen LogP contribution in [0.4, 0.5) is 4.79 Å². The molecule has 0 saturated carbocycles. The average molecular weight is 277 g/mol. The minimum Gasteiger partial charge on any atom is -0.379 e. The first-order valence-electron chi connectivity index (χ1n) is 6.66. The lowest BCUT2D eigenvalue weighted by molar-refractivity contribution is -0.119. The number of ether oxygens (including phenoxy) is 1. The normalized spacial score (nSPS) is 15.6. The second-order valence-electron chi connectivity index (χ2n) is 4.60. The average Bonchev–Trinajstić information content (AvgIpc) is 2.47. The number of hydrogen-bond acceptors (Lipinski definition) is 4. The van der Waals surface area contributed by atoms with Crippen LogP contribution in [-0.2, 0) is 16.0 Å². The smallest absolute Gasteiger partial charge is 0.322 e. The number of benzene rings is 1. The van der Waals surface area contributed by atoms with E-state index in [9.17, 15) is 9.59 Å². The van der Waals surface area contributed by atoms with Gasteiger partial charge in [0.2, 0.25) is 5.91 Å². The van der Waals surface area contributed by atoms with Crippen LogP contribution in [0.5, 0.6) is 0 Å². The maximum Gasteiger partial charge on any atom is 0.322 e. The van der Waals surface area contributed by atoms with Crippen LogP contribution in [-0.4, -0.2) is 49.8 Å². The van der Waals surface area contributed by atoms with E-state index < -0.39 is 6.03 Å². The molecule has 2 rings (SSSR count). The van der Waals surface area contributed by atoms with Crippen molar-refractivity contribution >= 4 is 11.9 Å². The Balaban J connectivity index is 1.67. The number of carbonyl (C=O) groups excluding carboxylic acids is 2. The maximum absolute atomic E-state index is 11.7. The third-order valence-corrected chi connectivity index (χ3v) is 3.03. The molecule has 0 spiro atoms. The van der Waals surface area contributed by atoms with E-state index in [1.807, 2.05) is 30.3 Å². The summed E-state index contributed by atoms with van der Waals surface area (Å²) in [5, 5.41) is 4.99. The Morgan fingerprint density at radius 1 is 1.15 bits per heavy atom. The number of rotatable bonds is 4. The van der Waals surface area contributed by atoms with Crippen LogP contribution in [0.15, 0.2) is 30.3 Å². The fourth-order valence-electron chi connectivity index (χ4n) is 1.94. The predicted octanol–water partition coefficient (Wildman–Crippen LogP) is 0.345. The fourth-order valence-corrected chi connectivity index (χ4v) is 1.94. The van der Waals surface area contributed by atoms with Gasteiger partial charge in [0.1, 0.15) is 0 Å². The van der Waals surface area contributed by atoms with Crippen LogP contribution in [0.2, 0.25) is 0 Å². The molecule has 1 aromatic carbocycles. The maximum atomic E-state index is 11.7. The molecule has 1 heterocycles. The molecular formula is C14H19N3O3. The van der Waals surface area contributed by atoms with Crippen molar-refractivity contribution in [1.82, 2.24) is 15.5 Å². The van der Waals surface area contributed by atoms with E-state index in [1.54, 1.807) is 0 Å². The third kappa shape index (κ3) is 4.99. The second-order valence-corrected chi connectivity index (χ2v) is 4.60. The molecule has 0 radical (unpaired) electrons. The molecule has 20 heavy (non-hydrogen) atoms. The van der Waals surface area contributed by atoms with Gasteiger partial charge >= 0.3 is 6.03 Å². The number of urea groups is 1. The quantitative estimate of drug-likeness (QED) is 0.833. The minimum atomic E-state index is -0.461. The molecule has 1 aliphatic heterocycles. The SMILES string of the molecule is O=C(Cc1ccccc1)NC(=O)NCN1CCOCC1. The van der Waals surface area contributed by atoms with E-state index in [-0.39, 0.29) is 12.3 Å². The van der Waals surface area contributed by atoms with Crippen molar-refractivity contribution in [2.75, 3.05) is 33.0 Å². The van der Waals surface area contributed by atoms with Crippen molar-refractivity contribution in [2.24, 2.45) is 0 Å². The Labute approximate surface area is 118 Å². The van der Waals surface area contributed by atoms with E-state index in [0.29, 0.717) is 19.9 Å². The predicted molar refractivity (Wildman–Crippen MR) is 74.1 cm³/mol. The van der Waals surface area contributed by atoms with Gasteiger partial charge in [-0.2, -0.15) is 0 Å². The van der Waals surface area contributed by atoms with Crippen molar-refractivity contribution in [2.45, 2.75) is 6.42 Å². The molecule has 6 heteroatoms. The van der Waals surface area contributed by atoms with Gasteiger partial charge in [0.15, 0.2) is 0 Å². The number of nitrogens with one attached hydrogen (secondary N) is 2. The van der Waals surface area contributed by atoms with Gasteiger partial charge in [-0.3, -0.25) is 15.0 Å². The van der Waals surface area contributed by atoms with Crippen molar-refractivity contribution in [1.29, 1.82) is 0 Å². The molecule has 1 fully saturated rings. The third-order valence-electron chi connectivity index (χ3n) is 3.03. The topological polar surface area (TPSA) is 70.7 Å². The number of hydrogen-bond donors (Lipinski definition) is 2. The molecule has 3 amide bonds. The molecule has 0 aromatic heterocycles. The van der Waals surface area contributed by atoms with Gasteiger partial charge in [-0.15, -0.1) is 0 Å². The number of amides is 3. The van der Waals surface area contributed by atoms with Gasteiger partial charge in [-0.1, -0.05) is 30.3 Å². The van der Waals surface area contributed by atoms with E-state index in [0.717, 1.165) is 18.7 Å². The zero-order valence-electron chi connectivity index (χ0n) is 11.3. The first-order chi connectivity index (χ1) is 9.74. The lowest BCUT2D eigenvalue weighted by Gasteiger charge is -2.26. The molecule has 2 N–H and O–H groups in total. The van der Waals surface area contributed by atoms with Gasteiger partial charge in [-0.05, 0) is 5.56 Å². The molecule has 0 bridgehead atoms. The standard InChI is InChI=1S/C14H19N3O3/c18-13(10-12-4-2-1-3-5-12)16-14(19)15-11-17-6-8-20-9-7-17/h1-5H,6-11H2,(H2,15,16,18,19). The summed E-state index contributed by atoms with van der Waals surface area (Å²) in [5.74, 6) is -0.310. The largest absolute Gasteiger partial charge is 0.379 e. The highest BCUT2D eigenvalue weighted by Gasteiger charge is 2.12. The second kappa shape index (κ2) is 7.62. The van der Waals surface area contributed by atoms with E-state index in [1.165, 1.54) is 0 Å². The molecule has 0 atom stereocenters. The number of morpholine rings is 1. The highest BCUT2D eigenvalue weighted by Crippen LogP contribution is 1.99. The summed E-state index contributed by atoms with van der Waals surface area (Å²) in [6.07, 6.45) is 0.200. The molecule has 108 valence electrons. The Hall–Kier alpha value is -1.92. The van der Waals surface area contributed by atoms with Crippen molar-refractivity contribution in [3.63, 3.8) is 0 Å².